The summed E-state index contributed by atoms with van der Waals surface area (Å²) in [6.07, 6.45) is 2.95. The van der Waals surface area contributed by atoms with Crippen LogP contribution in [0.1, 0.15) is 39.2 Å². The van der Waals surface area contributed by atoms with E-state index in [1.165, 1.54) is 12.1 Å². The fraction of sp³-hybridized carbons (Fsp3) is 0.650. The Morgan fingerprint density at radius 2 is 1.88 bits per heavy atom. The molecule has 2 atom stereocenters. The third-order valence-corrected chi connectivity index (χ3v) is 4.68. The van der Waals surface area contributed by atoms with Crippen LogP contribution in [0, 0.1) is 23.0 Å². The molecule has 0 aromatic heterocycles. The van der Waals surface area contributed by atoms with Crippen LogP contribution < -0.4 is 10.6 Å². The van der Waals surface area contributed by atoms with Gasteiger partial charge in [0.2, 0.25) is 0 Å². The number of nitrogens with one attached hydrogen (secondary N) is 2. The lowest BCUT2D eigenvalue weighted by Gasteiger charge is -2.40. The maximum atomic E-state index is 13.2. The predicted octanol–water partition coefficient (Wildman–Crippen LogP) is 3.51. The van der Waals surface area contributed by atoms with E-state index in [2.05, 4.69) is 36.4 Å². The third kappa shape index (κ3) is 6.24. The van der Waals surface area contributed by atoms with Crippen molar-refractivity contribution in [3.63, 3.8) is 0 Å². The van der Waals surface area contributed by atoms with Crippen LogP contribution >= 0.6 is 0 Å². The van der Waals surface area contributed by atoms with Gasteiger partial charge in [0.15, 0.2) is 5.96 Å². The Morgan fingerprint density at radius 1 is 1.19 bits per heavy atom. The molecule has 1 heterocycles. The minimum Gasteiger partial charge on any atom is -0.377 e. The van der Waals surface area contributed by atoms with Crippen molar-refractivity contribution in [2.24, 2.45) is 16.3 Å². The summed E-state index contributed by atoms with van der Waals surface area (Å²) in [6, 6.07) is 3.60. The van der Waals surface area contributed by atoms with Gasteiger partial charge < -0.3 is 15.4 Å². The first-order chi connectivity index (χ1) is 12.3. The molecule has 1 aromatic carbocycles. The molecule has 1 aromatic rings. The Bertz CT molecular complexity index is 593. The molecule has 0 bridgehead atoms. The molecule has 2 rings (SSSR count). The molecule has 6 heteroatoms. The van der Waals surface area contributed by atoms with Gasteiger partial charge in [-0.25, -0.2) is 8.78 Å². The molecular weight excluding hydrogens is 336 g/mol. The summed E-state index contributed by atoms with van der Waals surface area (Å²) in [5.41, 5.74) is 0.726. The van der Waals surface area contributed by atoms with E-state index in [1.807, 2.05) is 0 Å². The molecule has 1 aliphatic heterocycles. The molecule has 1 saturated heterocycles. The standard InChI is InChI=1S/C20H31F2N3O/c1-20(2,3)18-15(6-5-9-26-18)13-25-19(23-4)24-8-7-14-10-16(21)12-17(22)11-14/h10-12,15,18H,5-9,13H2,1-4H3,(H2,23,24,25). The maximum absolute atomic E-state index is 13.2. The Balaban J connectivity index is 1.81. The Labute approximate surface area is 155 Å². The highest BCUT2D eigenvalue weighted by Crippen LogP contribution is 2.33. The molecule has 26 heavy (non-hydrogen) atoms. The highest BCUT2D eigenvalue weighted by atomic mass is 19.1. The molecule has 1 fully saturated rings. The van der Waals surface area contributed by atoms with E-state index in [4.69, 9.17) is 4.74 Å². The van der Waals surface area contributed by atoms with Crippen molar-refractivity contribution in [3.05, 3.63) is 35.4 Å². The average molecular weight is 367 g/mol. The SMILES string of the molecule is CN=C(NCCc1cc(F)cc(F)c1)NCC1CCCOC1C(C)(C)C. The largest absolute Gasteiger partial charge is 0.377 e. The first kappa shape index (κ1) is 20.6. The van der Waals surface area contributed by atoms with Gasteiger partial charge in [-0.15, -0.1) is 0 Å². The van der Waals surface area contributed by atoms with Gasteiger partial charge in [-0.05, 0) is 42.4 Å². The van der Waals surface area contributed by atoms with Crippen molar-refractivity contribution in [2.45, 2.75) is 46.1 Å². The molecule has 2 N–H and O–H groups in total. The summed E-state index contributed by atoms with van der Waals surface area (Å²) in [6.45, 7) is 8.79. The summed E-state index contributed by atoms with van der Waals surface area (Å²) in [5, 5.41) is 6.56. The van der Waals surface area contributed by atoms with Crippen molar-refractivity contribution in [1.29, 1.82) is 0 Å². The molecule has 1 aliphatic rings. The zero-order valence-corrected chi connectivity index (χ0v) is 16.2. The van der Waals surface area contributed by atoms with Crippen molar-refractivity contribution in [1.82, 2.24) is 10.6 Å². The molecule has 0 radical (unpaired) electrons. The topological polar surface area (TPSA) is 45.7 Å². The van der Waals surface area contributed by atoms with E-state index in [0.717, 1.165) is 32.1 Å². The van der Waals surface area contributed by atoms with Gasteiger partial charge in [0.05, 0.1) is 6.10 Å². The van der Waals surface area contributed by atoms with Gasteiger partial charge in [0, 0.05) is 38.7 Å². The summed E-state index contributed by atoms with van der Waals surface area (Å²) in [5.74, 6) is 0.0285. The number of guanidine groups is 1. The van der Waals surface area contributed by atoms with E-state index in [0.29, 0.717) is 30.4 Å². The fourth-order valence-electron chi connectivity index (χ4n) is 3.54. The minimum absolute atomic E-state index is 0.102. The number of rotatable bonds is 5. The van der Waals surface area contributed by atoms with Crippen LogP contribution in [0.3, 0.4) is 0 Å². The van der Waals surface area contributed by atoms with E-state index >= 15 is 0 Å². The Hall–Kier alpha value is -1.69. The Morgan fingerprint density at radius 3 is 2.50 bits per heavy atom. The minimum atomic E-state index is -0.548. The predicted molar refractivity (Wildman–Crippen MR) is 101 cm³/mol. The highest BCUT2D eigenvalue weighted by molar-refractivity contribution is 5.79. The van der Waals surface area contributed by atoms with Gasteiger partial charge in [-0.3, -0.25) is 4.99 Å². The highest BCUT2D eigenvalue weighted by Gasteiger charge is 2.35. The molecular formula is C20H31F2N3O. The summed E-state index contributed by atoms with van der Waals surface area (Å²) in [7, 11) is 1.72. The second kappa shape index (κ2) is 9.31. The van der Waals surface area contributed by atoms with Gasteiger partial charge in [0.25, 0.3) is 0 Å². The molecule has 4 nitrogen and oxygen atoms in total. The summed E-state index contributed by atoms with van der Waals surface area (Å²) >= 11 is 0. The van der Waals surface area contributed by atoms with E-state index in [-0.39, 0.29) is 11.5 Å². The van der Waals surface area contributed by atoms with Gasteiger partial charge in [-0.1, -0.05) is 20.8 Å². The van der Waals surface area contributed by atoms with Crippen LogP contribution in [0.25, 0.3) is 0 Å². The monoisotopic (exact) mass is 367 g/mol. The van der Waals surface area contributed by atoms with E-state index in [9.17, 15) is 8.78 Å². The maximum Gasteiger partial charge on any atom is 0.190 e. The van der Waals surface area contributed by atoms with E-state index in [1.54, 1.807) is 7.05 Å². The lowest BCUT2D eigenvalue weighted by atomic mass is 9.78. The van der Waals surface area contributed by atoms with Crippen LogP contribution in [0.5, 0.6) is 0 Å². The summed E-state index contributed by atoms with van der Waals surface area (Å²) in [4.78, 5) is 4.23. The van der Waals surface area contributed by atoms with Crippen molar-refractivity contribution < 1.29 is 13.5 Å². The lowest BCUT2D eigenvalue weighted by molar-refractivity contribution is -0.0835. The smallest absolute Gasteiger partial charge is 0.190 e. The van der Waals surface area contributed by atoms with Gasteiger partial charge in [-0.2, -0.15) is 0 Å². The number of hydrogen-bond donors (Lipinski definition) is 2. The second-order valence-electron chi connectivity index (χ2n) is 7.97. The van der Waals surface area contributed by atoms with Crippen LogP contribution in [-0.2, 0) is 11.2 Å². The van der Waals surface area contributed by atoms with Crippen molar-refractivity contribution >= 4 is 5.96 Å². The molecule has 0 aliphatic carbocycles. The summed E-state index contributed by atoms with van der Waals surface area (Å²) < 4.78 is 32.5. The lowest BCUT2D eigenvalue weighted by Crippen LogP contribution is -2.47. The molecule has 0 spiro atoms. The van der Waals surface area contributed by atoms with Crippen LogP contribution in [0.15, 0.2) is 23.2 Å². The Kier molecular flexibility index (Phi) is 7.38. The average Bonchev–Trinajstić information content (AvgIpc) is 2.56. The zero-order chi connectivity index (χ0) is 19.2. The number of aliphatic imine (C=N–C) groups is 1. The molecule has 0 saturated carbocycles. The van der Waals surface area contributed by atoms with Crippen molar-refractivity contribution in [2.75, 3.05) is 26.7 Å². The number of hydrogen-bond acceptors (Lipinski definition) is 2. The normalized spacial score (nSPS) is 21.5. The number of nitrogens with zero attached hydrogens (tertiary/aromatic N) is 1. The molecule has 0 amide bonds. The van der Waals surface area contributed by atoms with Gasteiger partial charge >= 0.3 is 0 Å². The van der Waals surface area contributed by atoms with Crippen LogP contribution in [0.2, 0.25) is 0 Å². The quantitative estimate of drug-likeness (QED) is 0.618. The number of ether oxygens (including phenoxy) is 1. The molecule has 146 valence electrons. The zero-order valence-electron chi connectivity index (χ0n) is 16.2. The molecule has 2 unspecified atom stereocenters. The van der Waals surface area contributed by atoms with E-state index < -0.39 is 11.6 Å². The van der Waals surface area contributed by atoms with Crippen molar-refractivity contribution in [3.8, 4) is 0 Å². The van der Waals surface area contributed by atoms with Gasteiger partial charge in [0.1, 0.15) is 11.6 Å². The number of halogens is 2. The number of benzene rings is 1. The third-order valence-electron chi connectivity index (χ3n) is 4.68. The first-order valence-corrected chi connectivity index (χ1v) is 9.30. The second-order valence-corrected chi connectivity index (χ2v) is 7.97. The van der Waals surface area contributed by atoms with Crippen LogP contribution in [0.4, 0.5) is 8.78 Å². The fourth-order valence-corrected chi connectivity index (χ4v) is 3.54. The van der Waals surface area contributed by atoms with Crippen LogP contribution in [-0.4, -0.2) is 38.8 Å². The first-order valence-electron chi connectivity index (χ1n) is 9.30.